The van der Waals surface area contributed by atoms with E-state index in [1.54, 1.807) is 0 Å². The first-order valence-corrected chi connectivity index (χ1v) is 6.59. The summed E-state index contributed by atoms with van der Waals surface area (Å²) in [5.41, 5.74) is 0.627. The molecule has 0 unspecified atom stereocenters. The molecule has 2 aromatic rings. The van der Waals surface area contributed by atoms with Gasteiger partial charge >= 0.3 is 0 Å². The summed E-state index contributed by atoms with van der Waals surface area (Å²) in [7, 11) is 0. The van der Waals surface area contributed by atoms with E-state index in [1.165, 1.54) is 12.1 Å². The third-order valence-electron chi connectivity index (χ3n) is 2.57. The van der Waals surface area contributed by atoms with Gasteiger partial charge in [-0.25, -0.2) is 9.37 Å². The van der Waals surface area contributed by atoms with Crippen LogP contribution in [0.25, 0.3) is 11.4 Å². The molecular formula is C13H12BrFN2O2. The molecule has 0 atom stereocenters. The van der Waals surface area contributed by atoms with Gasteiger partial charge in [-0.2, -0.15) is 0 Å². The lowest BCUT2D eigenvalue weighted by molar-refractivity contribution is 0.469. The van der Waals surface area contributed by atoms with Crippen molar-refractivity contribution < 1.29 is 9.50 Å². The van der Waals surface area contributed by atoms with Crippen molar-refractivity contribution in [2.24, 2.45) is 0 Å². The van der Waals surface area contributed by atoms with E-state index in [0.717, 1.165) is 12.5 Å². The minimum Gasteiger partial charge on any atom is -0.508 e. The zero-order chi connectivity index (χ0) is 14.0. The van der Waals surface area contributed by atoms with Crippen LogP contribution in [0.3, 0.4) is 0 Å². The lowest BCUT2D eigenvalue weighted by Crippen LogP contribution is -2.13. The van der Waals surface area contributed by atoms with E-state index >= 15 is 0 Å². The first kappa shape index (κ1) is 13.7. The van der Waals surface area contributed by atoms with Gasteiger partial charge in [0, 0.05) is 11.6 Å². The van der Waals surface area contributed by atoms with Crippen molar-refractivity contribution in [3.63, 3.8) is 0 Å². The predicted molar refractivity (Wildman–Crippen MR) is 73.6 cm³/mol. The predicted octanol–water partition coefficient (Wildman–Crippen LogP) is 3.00. The van der Waals surface area contributed by atoms with Crippen molar-refractivity contribution in [1.29, 1.82) is 0 Å². The van der Waals surface area contributed by atoms with Crippen LogP contribution < -0.4 is 5.56 Å². The van der Waals surface area contributed by atoms with Crippen LogP contribution in [0, 0.1) is 5.82 Å². The average molecular weight is 327 g/mol. The minimum atomic E-state index is -0.586. The molecule has 0 saturated carbocycles. The van der Waals surface area contributed by atoms with Gasteiger partial charge in [0.1, 0.15) is 21.9 Å². The molecule has 2 rings (SSSR count). The minimum absolute atomic E-state index is 0.211. The topological polar surface area (TPSA) is 66.0 Å². The molecule has 0 fully saturated rings. The normalized spacial score (nSPS) is 10.7. The molecule has 0 aliphatic heterocycles. The van der Waals surface area contributed by atoms with Gasteiger partial charge in [0.2, 0.25) is 0 Å². The maximum Gasteiger partial charge on any atom is 0.265 e. The zero-order valence-corrected chi connectivity index (χ0v) is 11.8. The van der Waals surface area contributed by atoms with Crippen LogP contribution in [0.15, 0.2) is 27.5 Å². The second-order valence-electron chi connectivity index (χ2n) is 4.12. The first-order chi connectivity index (χ1) is 9.01. The highest BCUT2D eigenvalue weighted by Crippen LogP contribution is 2.23. The van der Waals surface area contributed by atoms with E-state index in [0.29, 0.717) is 22.2 Å². The highest BCUT2D eigenvalue weighted by molar-refractivity contribution is 9.10. The fraction of sp³-hybridized carbons (Fsp3) is 0.231. The Kier molecular flexibility index (Phi) is 3.99. The number of H-pyrrole nitrogens is 1. The molecule has 0 bridgehead atoms. The Bertz CT molecular complexity index is 650. The van der Waals surface area contributed by atoms with Crippen LogP contribution in [-0.4, -0.2) is 15.1 Å². The van der Waals surface area contributed by atoms with Gasteiger partial charge in [-0.05, 0) is 34.5 Å². The Morgan fingerprint density at radius 2 is 2.16 bits per heavy atom. The smallest absolute Gasteiger partial charge is 0.265 e. The summed E-state index contributed by atoms with van der Waals surface area (Å²) in [5, 5.41) is 9.38. The maximum atomic E-state index is 13.3. The summed E-state index contributed by atoms with van der Waals surface area (Å²) in [6, 6.07) is 3.56. The van der Waals surface area contributed by atoms with Gasteiger partial charge in [-0.3, -0.25) is 4.79 Å². The molecule has 6 heteroatoms. The molecule has 0 saturated heterocycles. The number of halogens is 2. The number of benzene rings is 1. The summed E-state index contributed by atoms with van der Waals surface area (Å²) >= 11 is 3.19. The quantitative estimate of drug-likeness (QED) is 0.911. The zero-order valence-electron chi connectivity index (χ0n) is 10.2. The summed E-state index contributed by atoms with van der Waals surface area (Å²) in [6.45, 7) is 1.98. The van der Waals surface area contributed by atoms with Crippen LogP contribution in [0.1, 0.15) is 19.0 Å². The van der Waals surface area contributed by atoms with Crippen molar-refractivity contribution in [3.8, 4) is 17.1 Å². The second-order valence-corrected chi connectivity index (χ2v) is 4.92. The fourth-order valence-corrected chi connectivity index (χ4v) is 2.14. The number of aryl methyl sites for hydroxylation is 1. The number of aromatic hydroxyl groups is 1. The van der Waals surface area contributed by atoms with Gasteiger partial charge in [-0.15, -0.1) is 0 Å². The monoisotopic (exact) mass is 326 g/mol. The molecule has 100 valence electrons. The first-order valence-electron chi connectivity index (χ1n) is 5.80. The molecular weight excluding hydrogens is 315 g/mol. The molecule has 0 spiro atoms. The summed E-state index contributed by atoms with van der Waals surface area (Å²) in [4.78, 5) is 18.6. The summed E-state index contributed by atoms with van der Waals surface area (Å²) in [6.07, 6.45) is 1.47. The number of nitrogens with one attached hydrogen (secondary N) is 1. The Hall–Kier alpha value is -1.69. The van der Waals surface area contributed by atoms with Crippen LogP contribution in [-0.2, 0) is 6.42 Å². The number of aromatic amines is 1. The van der Waals surface area contributed by atoms with Crippen molar-refractivity contribution in [1.82, 2.24) is 9.97 Å². The van der Waals surface area contributed by atoms with E-state index in [2.05, 4.69) is 25.9 Å². The number of aromatic nitrogens is 2. The lowest BCUT2D eigenvalue weighted by atomic mass is 10.2. The van der Waals surface area contributed by atoms with Crippen LogP contribution >= 0.6 is 15.9 Å². The van der Waals surface area contributed by atoms with E-state index in [9.17, 15) is 14.3 Å². The number of phenolic OH excluding ortho intramolecular Hbond substituents is 1. The van der Waals surface area contributed by atoms with Crippen LogP contribution in [0.4, 0.5) is 4.39 Å². The Labute approximate surface area is 117 Å². The van der Waals surface area contributed by atoms with E-state index < -0.39 is 5.82 Å². The van der Waals surface area contributed by atoms with Crippen molar-refractivity contribution in [3.05, 3.63) is 44.5 Å². The van der Waals surface area contributed by atoms with Gasteiger partial charge in [0.15, 0.2) is 0 Å². The van der Waals surface area contributed by atoms with Crippen LogP contribution in [0.2, 0.25) is 0 Å². The Morgan fingerprint density at radius 1 is 1.42 bits per heavy atom. The average Bonchev–Trinajstić information content (AvgIpc) is 2.33. The molecule has 0 aliphatic carbocycles. The molecule has 0 radical (unpaired) electrons. The molecule has 1 aromatic carbocycles. The van der Waals surface area contributed by atoms with Crippen molar-refractivity contribution in [2.45, 2.75) is 19.8 Å². The Balaban J connectivity index is 2.59. The number of rotatable bonds is 3. The van der Waals surface area contributed by atoms with Crippen molar-refractivity contribution in [2.75, 3.05) is 0 Å². The third kappa shape index (κ3) is 3.01. The number of hydrogen-bond donors (Lipinski definition) is 2. The van der Waals surface area contributed by atoms with Crippen molar-refractivity contribution >= 4 is 15.9 Å². The van der Waals surface area contributed by atoms with Gasteiger partial charge in [-0.1, -0.05) is 13.3 Å². The summed E-state index contributed by atoms with van der Waals surface area (Å²) in [5.74, 6) is -0.554. The standard InChI is InChI=1S/C13H12BrFN2O2/c1-2-3-10-11(14)13(19)17-12(16-10)7-4-8(15)6-9(18)5-7/h4-6,18H,2-3H2,1H3,(H,16,17,19). The molecule has 1 aromatic heterocycles. The number of nitrogens with zero attached hydrogens (tertiary/aromatic N) is 1. The SMILES string of the molecule is CCCc1nc(-c2cc(O)cc(F)c2)[nH]c(=O)c1Br. The molecule has 1 heterocycles. The number of phenols is 1. The molecule has 19 heavy (non-hydrogen) atoms. The third-order valence-corrected chi connectivity index (χ3v) is 3.39. The number of hydrogen-bond acceptors (Lipinski definition) is 3. The second kappa shape index (κ2) is 5.52. The lowest BCUT2D eigenvalue weighted by Gasteiger charge is -2.06. The maximum absolute atomic E-state index is 13.3. The Morgan fingerprint density at radius 3 is 2.79 bits per heavy atom. The highest BCUT2D eigenvalue weighted by Gasteiger charge is 2.11. The van der Waals surface area contributed by atoms with Gasteiger partial charge in [0.05, 0.1) is 5.69 Å². The summed E-state index contributed by atoms with van der Waals surface area (Å²) < 4.78 is 13.6. The highest BCUT2D eigenvalue weighted by atomic mass is 79.9. The molecule has 4 nitrogen and oxygen atoms in total. The van der Waals surface area contributed by atoms with Gasteiger partial charge < -0.3 is 10.1 Å². The largest absolute Gasteiger partial charge is 0.508 e. The van der Waals surface area contributed by atoms with E-state index in [4.69, 9.17) is 0 Å². The van der Waals surface area contributed by atoms with Gasteiger partial charge in [0.25, 0.3) is 5.56 Å². The van der Waals surface area contributed by atoms with Crippen LogP contribution in [0.5, 0.6) is 5.75 Å². The molecule has 0 aliphatic rings. The van der Waals surface area contributed by atoms with E-state index in [1.807, 2.05) is 6.92 Å². The molecule has 2 N–H and O–H groups in total. The van der Waals surface area contributed by atoms with E-state index in [-0.39, 0.29) is 17.1 Å². The molecule has 0 amide bonds. The fourth-order valence-electron chi connectivity index (χ4n) is 1.76.